The van der Waals surface area contributed by atoms with Crippen molar-refractivity contribution in [3.63, 3.8) is 0 Å². The van der Waals surface area contributed by atoms with Crippen LogP contribution in [-0.2, 0) is 9.53 Å². The molecule has 25 heavy (non-hydrogen) atoms. The lowest BCUT2D eigenvalue weighted by atomic mass is 9.99. The Morgan fingerprint density at radius 3 is 2.56 bits per heavy atom. The molecule has 1 saturated heterocycles. The van der Waals surface area contributed by atoms with Gasteiger partial charge in [0.2, 0.25) is 6.29 Å². The average molecular weight is 356 g/mol. The SMILES string of the molecule is COc1ccc(/C=C/C(=O)O)c(O[C@@H]2O[C@H](CO)[C@@H](O)[C@H](O)[C@H]2O)c1. The van der Waals surface area contributed by atoms with Gasteiger partial charge in [-0.3, -0.25) is 0 Å². The number of carboxylic acid groups (broad SMARTS) is 1. The van der Waals surface area contributed by atoms with Crippen molar-refractivity contribution in [2.45, 2.75) is 30.7 Å². The van der Waals surface area contributed by atoms with Gasteiger partial charge >= 0.3 is 5.97 Å². The monoisotopic (exact) mass is 356 g/mol. The van der Waals surface area contributed by atoms with E-state index in [9.17, 15) is 25.2 Å². The lowest BCUT2D eigenvalue weighted by molar-refractivity contribution is -0.277. The van der Waals surface area contributed by atoms with Gasteiger partial charge in [-0.2, -0.15) is 0 Å². The predicted octanol–water partition coefficient (Wildman–Crippen LogP) is -1.03. The van der Waals surface area contributed by atoms with Gasteiger partial charge in [0.15, 0.2) is 0 Å². The first kappa shape index (κ1) is 19.2. The van der Waals surface area contributed by atoms with Gasteiger partial charge in [0.05, 0.1) is 13.7 Å². The molecule has 9 nitrogen and oxygen atoms in total. The summed E-state index contributed by atoms with van der Waals surface area (Å²) in [6.07, 6.45) is -4.99. The second kappa shape index (κ2) is 8.28. The van der Waals surface area contributed by atoms with Gasteiger partial charge in [-0.15, -0.1) is 0 Å². The summed E-state index contributed by atoms with van der Waals surface area (Å²) in [5.41, 5.74) is 0.361. The number of aliphatic carboxylic acids is 1. The fourth-order valence-corrected chi connectivity index (χ4v) is 2.33. The van der Waals surface area contributed by atoms with Crippen molar-refractivity contribution in [1.29, 1.82) is 0 Å². The van der Waals surface area contributed by atoms with Crippen molar-refractivity contribution in [3.8, 4) is 11.5 Å². The van der Waals surface area contributed by atoms with Crippen LogP contribution in [0.5, 0.6) is 11.5 Å². The van der Waals surface area contributed by atoms with Crippen LogP contribution in [0.25, 0.3) is 6.08 Å². The molecule has 2 rings (SSSR count). The maximum absolute atomic E-state index is 10.7. The van der Waals surface area contributed by atoms with Crippen molar-refractivity contribution >= 4 is 12.0 Å². The maximum Gasteiger partial charge on any atom is 0.328 e. The van der Waals surface area contributed by atoms with Crippen LogP contribution in [0.15, 0.2) is 24.3 Å². The second-order valence-electron chi connectivity index (χ2n) is 5.39. The van der Waals surface area contributed by atoms with Gasteiger partial charge in [-0.05, 0) is 18.2 Å². The van der Waals surface area contributed by atoms with E-state index in [0.29, 0.717) is 11.3 Å². The van der Waals surface area contributed by atoms with Gasteiger partial charge in [0.1, 0.15) is 35.9 Å². The first-order valence-corrected chi connectivity index (χ1v) is 7.43. The van der Waals surface area contributed by atoms with Crippen LogP contribution in [0.3, 0.4) is 0 Å². The number of benzene rings is 1. The van der Waals surface area contributed by atoms with Gasteiger partial charge in [0.25, 0.3) is 0 Å². The van der Waals surface area contributed by atoms with Gasteiger partial charge in [-0.1, -0.05) is 0 Å². The number of aliphatic hydroxyl groups is 4. The van der Waals surface area contributed by atoms with Crippen molar-refractivity contribution < 1.29 is 44.5 Å². The molecule has 1 heterocycles. The summed E-state index contributed by atoms with van der Waals surface area (Å²) in [6, 6.07) is 4.57. The van der Waals surface area contributed by atoms with E-state index < -0.39 is 43.3 Å². The molecular weight excluding hydrogens is 336 g/mol. The number of aliphatic hydroxyl groups excluding tert-OH is 4. The zero-order chi connectivity index (χ0) is 18.6. The molecule has 5 N–H and O–H groups in total. The van der Waals surface area contributed by atoms with Crippen LogP contribution < -0.4 is 9.47 Å². The van der Waals surface area contributed by atoms with E-state index in [1.54, 1.807) is 6.07 Å². The standard InChI is InChI=1S/C16H20O9/c1-23-9-4-2-8(3-5-12(18)19)10(6-9)24-16-15(22)14(21)13(20)11(7-17)25-16/h2-6,11,13-17,20-22H,7H2,1H3,(H,18,19)/b5-3+/t11-,13-,14+,15-,16-/m1/s1. The molecule has 0 amide bonds. The number of hydrogen-bond donors (Lipinski definition) is 5. The third kappa shape index (κ3) is 4.47. The first-order chi connectivity index (χ1) is 11.9. The van der Waals surface area contributed by atoms with E-state index in [2.05, 4.69) is 0 Å². The number of ether oxygens (including phenoxy) is 3. The van der Waals surface area contributed by atoms with Crippen LogP contribution in [0, 0.1) is 0 Å². The Morgan fingerprint density at radius 1 is 1.24 bits per heavy atom. The minimum Gasteiger partial charge on any atom is -0.497 e. The Balaban J connectivity index is 2.29. The molecule has 1 fully saturated rings. The fourth-order valence-electron chi connectivity index (χ4n) is 2.33. The lowest BCUT2D eigenvalue weighted by Gasteiger charge is -2.39. The first-order valence-electron chi connectivity index (χ1n) is 7.43. The third-order valence-corrected chi connectivity index (χ3v) is 3.72. The van der Waals surface area contributed by atoms with Gasteiger partial charge < -0.3 is 39.7 Å². The van der Waals surface area contributed by atoms with Crippen LogP contribution >= 0.6 is 0 Å². The molecule has 0 unspecified atom stereocenters. The summed E-state index contributed by atoms with van der Waals surface area (Å²) in [5, 5.41) is 47.6. The summed E-state index contributed by atoms with van der Waals surface area (Å²) in [4.78, 5) is 10.7. The number of methoxy groups -OCH3 is 1. The zero-order valence-electron chi connectivity index (χ0n) is 13.3. The quantitative estimate of drug-likeness (QED) is 0.404. The van der Waals surface area contributed by atoms with E-state index in [1.807, 2.05) is 0 Å². The van der Waals surface area contributed by atoms with Crippen LogP contribution in [0.4, 0.5) is 0 Å². The van der Waals surface area contributed by atoms with Crippen molar-refractivity contribution in [2.75, 3.05) is 13.7 Å². The topological polar surface area (TPSA) is 146 Å². The second-order valence-corrected chi connectivity index (χ2v) is 5.39. The van der Waals surface area contributed by atoms with E-state index in [4.69, 9.17) is 19.3 Å². The maximum atomic E-state index is 10.7. The van der Waals surface area contributed by atoms with E-state index in [1.165, 1.54) is 25.3 Å². The molecule has 0 radical (unpaired) electrons. The molecule has 5 atom stereocenters. The summed E-state index contributed by atoms with van der Waals surface area (Å²) in [6.45, 7) is -0.589. The lowest BCUT2D eigenvalue weighted by Crippen LogP contribution is -2.60. The highest BCUT2D eigenvalue weighted by atomic mass is 16.7. The molecule has 0 spiro atoms. The van der Waals surface area contributed by atoms with Crippen LogP contribution in [0.1, 0.15) is 5.56 Å². The Hall–Kier alpha value is -2.17. The number of carboxylic acids is 1. The molecule has 0 aliphatic carbocycles. The Labute approximate surface area is 143 Å². The molecule has 0 aromatic heterocycles. The molecule has 1 aromatic rings. The summed E-state index contributed by atoms with van der Waals surface area (Å²) in [5.74, 6) is -0.622. The fraction of sp³-hybridized carbons (Fsp3) is 0.438. The number of hydrogen-bond acceptors (Lipinski definition) is 8. The third-order valence-electron chi connectivity index (χ3n) is 3.72. The number of rotatable bonds is 6. The molecule has 138 valence electrons. The van der Waals surface area contributed by atoms with E-state index in [0.717, 1.165) is 6.08 Å². The normalized spacial score (nSPS) is 29.6. The molecule has 1 aliphatic rings. The summed E-state index contributed by atoms with van der Waals surface area (Å²) in [7, 11) is 1.43. The summed E-state index contributed by atoms with van der Waals surface area (Å²) < 4.78 is 15.9. The number of carbonyl (C=O) groups is 1. The molecule has 0 saturated carbocycles. The summed E-state index contributed by atoms with van der Waals surface area (Å²) >= 11 is 0. The highest BCUT2D eigenvalue weighted by Crippen LogP contribution is 2.30. The van der Waals surface area contributed by atoms with Crippen molar-refractivity contribution in [2.24, 2.45) is 0 Å². The van der Waals surface area contributed by atoms with Crippen LogP contribution in [0.2, 0.25) is 0 Å². The van der Waals surface area contributed by atoms with E-state index in [-0.39, 0.29) is 5.75 Å². The van der Waals surface area contributed by atoms with Gasteiger partial charge in [-0.25, -0.2) is 4.79 Å². The highest BCUT2D eigenvalue weighted by Gasteiger charge is 2.44. The van der Waals surface area contributed by atoms with Crippen LogP contribution in [-0.4, -0.2) is 75.9 Å². The molecule has 9 heteroatoms. The van der Waals surface area contributed by atoms with E-state index >= 15 is 0 Å². The smallest absolute Gasteiger partial charge is 0.328 e. The Morgan fingerprint density at radius 2 is 1.96 bits per heavy atom. The van der Waals surface area contributed by atoms with Crippen molar-refractivity contribution in [3.05, 3.63) is 29.8 Å². The highest BCUT2D eigenvalue weighted by molar-refractivity contribution is 5.86. The van der Waals surface area contributed by atoms with Crippen molar-refractivity contribution in [1.82, 2.24) is 0 Å². The average Bonchev–Trinajstić information content (AvgIpc) is 2.60. The predicted molar refractivity (Wildman–Crippen MR) is 84.1 cm³/mol. The Bertz CT molecular complexity index is 628. The zero-order valence-corrected chi connectivity index (χ0v) is 13.3. The molecule has 1 aliphatic heterocycles. The largest absolute Gasteiger partial charge is 0.497 e. The molecular formula is C16H20O9. The molecule has 1 aromatic carbocycles. The minimum absolute atomic E-state index is 0.126. The van der Waals surface area contributed by atoms with Gasteiger partial charge in [0, 0.05) is 17.7 Å². The minimum atomic E-state index is -1.58. The Kier molecular flexibility index (Phi) is 6.34. The molecule has 0 bridgehead atoms.